The van der Waals surface area contributed by atoms with Crippen LogP contribution in [0.3, 0.4) is 0 Å². The first-order valence-corrected chi connectivity index (χ1v) is 5.05. The van der Waals surface area contributed by atoms with Gasteiger partial charge >= 0.3 is 6.03 Å². The lowest BCUT2D eigenvalue weighted by atomic mass is 10.2. The number of anilines is 1. The van der Waals surface area contributed by atoms with E-state index in [4.69, 9.17) is 16.1 Å². The van der Waals surface area contributed by atoms with Crippen LogP contribution >= 0.6 is 0 Å². The van der Waals surface area contributed by atoms with Crippen molar-refractivity contribution in [3.8, 4) is 6.07 Å². The Kier molecular flexibility index (Phi) is 4.66. The number of hydrogen-bond acceptors (Lipinski definition) is 4. The van der Waals surface area contributed by atoms with E-state index in [0.29, 0.717) is 11.3 Å². The minimum absolute atomic E-state index is 0.279. The third-order valence-corrected chi connectivity index (χ3v) is 2.03. The summed E-state index contributed by atoms with van der Waals surface area (Å²) >= 11 is 0. The average Bonchev–Trinajstić information content (AvgIpc) is 2.36. The van der Waals surface area contributed by atoms with Crippen molar-refractivity contribution in [1.82, 2.24) is 5.32 Å². The summed E-state index contributed by atoms with van der Waals surface area (Å²) in [6.07, 6.45) is -1.43. The fraction of sp³-hybridized carbons (Fsp3) is 0.182. The summed E-state index contributed by atoms with van der Waals surface area (Å²) in [5.74, 6) is -0.915. The number of carbonyl (C=O) groups excluding carboxylic acids is 2. The highest BCUT2D eigenvalue weighted by Crippen LogP contribution is 2.09. The Balaban J connectivity index is 2.50. The molecule has 0 aliphatic heterocycles. The van der Waals surface area contributed by atoms with Crippen molar-refractivity contribution in [3.05, 3.63) is 29.8 Å². The van der Waals surface area contributed by atoms with E-state index in [9.17, 15) is 9.59 Å². The summed E-state index contributed by atoms with van der Waals surface area (Å²) in [7, 11) is 0. The molecule has 7 heteroatoms. The van der Waals surface area contributed by atoms with Gasteiger partial charge in [0.25, 0.3) is 0 Å². The second kappa shape index (κ2) is 6.22. The van der Waals surface area contributed by atoms with Crippen LogP contribution in [0.2, 0.25) is 0 Å². The highest BCUT2D eigenvalue weighted by atomic mass is 16.3. The molecule has 1 atom stereocenters. The van der Waals surface area contributed by atoms with Gasteiger partial charge in [0.15, 0.2) is 0 Å². The number of nitrogens with two attached hydrogens (primary N) is 1. The van der Waals surface area contributed by atoms with Gasteiger partial charge in [0.05, 0.1) is 18.2 Å². The van der Waals surface area contributed by atoms with Crippen molar-refractivity contribution < 1.29 is 14.7 Å². The molecular weight excluding hydrogens is 236 g/mol. The lowest BCUT2D eigenvalue weighted by Crippen LogP contribution is -2.41. The van der Waals surface area contributed by atoms with Crippen molar-refractivity contribution in [2.75, 3.05) is 11.9 Å². The third-order valence-electron chi connectivity index (χ3n) is 2.03. The number of nitrogens with zero attached hydrogens (tertiary/aromatic N) is 1. The fourth-order valence-electron chi connectivity index (χ4n) is 1.13. The van der Waals surface area contributed by atoms with Crippen LogP contribution in [-0.4, -0.2) is 29.7 Å². The molecule has 0 saturated carbocycles. The molecule has 0 aliphatic rings. The van der Waals surface area contributed by atoms with Crippen molar-refractivity contribution in [2.24, 2.45) is 5.73 Å². The number of nitrogens with one attached hydrogen (secondary N) is 2. The number of benzene rings is 1. The summed E-state index contributed by atoms with van der Waals surface area (Å²) in [6, 6.07) is 7.63. The van der Waals surface area contributed by atoms with Crippen molar-refractivity contribution in [3.63, 3.8) is 0 Å². The number of urea groups is 1. The molecule has 0 fully saturated rings. The number of hydrogen-bond donors (Lipinski definition) is 4. The van der Waals surface area contributed by atoms with Gasteiger partial charge in [0.2, 0.25) is 5.91 Å². The molecule has 0 saturated heterocycles. The van der Waals surface area contributed by atoms with E-state index in [1.165, 1.54) is 6.07 Å². The van der Waals surface area contributed by atoms with Crippen LogP contribution in [0.4, 0.5) is 10.5 Å². The minimum atomic E-state index is -1.43. The lowest BCUT2D eigenvalue weighted by molar-refractivity contribution is -0.125. The maximum absolute atomic E-state index is 11.4. The standard InChI is InChI=1S/C11H12N4O3/c12-5-7-2-1-3-8(4-7)15-11(18)14-6-9(16)10(13)17/h1-4,9,16H,6H2,(H2,13,17)(H2,14,15,18). The second-order valence-corrected chi connectivity index (χ2v) is 3.45. The van der Waals surface area contributed by atoms with E-state index >= 15 is 0 Å². The highest BCUT2D eigenvalue weighted by molar-refractivity contribution is 5.90. The molecule has 0 spiro atoms. The molecule has 0 aliphatic carbocycles. The molecule has 18 heavy (non-hydrogen) atoms. The molecular formula is C11H12N4O3. The zero-order valence-electron chi connectivity index (χ0n) is 9.38. The van der Waals surface area contributed by atoms with Crippen molar-refractivity contribution in [2.45, 2.75) is 6.10 Å². The molecule has 1 aromatic carbocycles. The summed E-state index contributed by atoms with van der Waals surface area (Å²) in [5.41, 5.74) is 5.65. The van der Waals surface area contributed by atoms with E-state index in [1.54, 1.807) is 18.2 Å². The largest absolute Gasteiger partial charge is 0.381 e. The van der Waals surface area contributed by atoms with E-state index in [1.807, 2.05) is 6.07 Å². The van der Waals surface area contributed by atoms with Gasteiger partial charge in [-0.25, -0.2) is 4.79 Å². The molecule has 0 heterocycles. The Morgan fingerprint density at radius 1 is 1.50 bits per heavy atom. The first-order valence-electron chi connectivity index (χ1n) is 5.05. The van der Waals surface area contributed by atoms with E-state index in [-0.39, 0.29) is 6.54 Å². The van der Waals surface area contributed by atoms with Crippen LogP contribution in [0.25, 0.3) is 0 Å². The topological polar surface area (TPSA) is 128 Å². The maximum atomic E-state index is 11.4. The molecule has 0 aromatic heterocycles. The number of amides is 3. The average molecular weight is 248 g/mol. The van der Waals surface area contributed by atoms with Crippen LogP contribution in [0.5, 0.6) is 0 Å². The summed E-state index contributed by atoms with van der Waals surface area (Å²) < 4.78 is 0. The number of nitriles is 1. The summed E-state index contributed by atoms with van der Waals surface area (Å²) in [4.78, 5) is 21.9. The van der Waals surface area contributed by atoms with Crippen LogP contribution < -0.4 is 16.4 Å². The summed E-state index contributed by atoms with van der Waals surface area (Å²) in [5, 5.41) is 22.4. The first-order chi connectivity index (χ1) is 8.52. The van der Waals surface area contributed by atoms with Gasteiger partial charge in [0.1, 0.15) is 6.10 Å². The van der Waals surface area contributed by atoms with Gasteiger partial charge in [0, 0.05) is 5.69 Å². The first kappa shape index (κ1) is 13.5. The molecule has 3 amide bonds. The van der Waals surface area contributed by atoms with E-state index in [0.717, 1.165) is 0 Å². The Hall–Kier alpha value is -2.59. The van der Waals surface area contributed by atoms with Gasteiger partial charge in [-0.1, -0.05) is 6.07 Å². The Bertz CT molecular complexity index is 495. The van der Waals surface area contributed by atoms with Gasteiger partial charge in [-0.15, -0.1) is 0 Å². The van der Waals surface area contributed by atoms with Crippen molar-refractivity contribution >= 4 is 17.6 Å². The zero-order chi connectivity index (χ0) is 13.5. The van der Waals surface area contributed by atoms with Gasteiger partial charge in [-0.3, -0.25) is 4.79 Å². The Morgan fingerprint density at radius 3 is 2.83 bits per heavy atom. The summed E-state index contributed by atoms with van der Waals surface area (Å²) in [6.45, 7) is -0.279. The SMILES string of the molecule is N#Cc1cccc(NC(=O)NCC(O)C(N)=O)c1. The molecule has 5 N–H and O–H groups in total. The smallest absolute Gasteiger partial charge is 0.319 e. The lowest BCUT2D eigenvalue weighted by Gasteiger charge is -2.09. The van der Waals surface area contributed by atoms with E-state index in [2.05, 4.69) is 10.6 Å². The molecule has 0 bridgehead atoms. The van der Waals surface area contributed by atoms with Gasteiger partial charge in [-0.05, 0) is 18.2 Å². The van der Waals surface area contributed by atoms with Crippen LogP contribution in [0.15, 0.2) is 24.3 Å². The van der Waals surface area contributed by atoms with Gasteiger partial charge < -0.3 is 21.5 Å². The van der Waals surface area contributed by atoms with Crippen LogP contribution in [0, 0.1) is 11.3 Å². The predicted octanol–water partition coefficient (Wildman–Crippen LogP) is -0.474. The molecule has 0 radical (unpaired) electrons. The third kappa shape index (κ3) is 4.11. The monoisotopic (exact) mass is 248 g/mol. The number of aliphatic hydroxyl groups excluding tert-OH is 1. The number of primary amides is 1. The molecule has 1 aromatic rings. The fourth-order valence-corrected chi connectivity index (χ4v) is 1.13. The molecule has 94 valence electrons. The minimum Gasteiger partial charge on any atom is -0.381 e. The molecule has 1 unspecified atom stereocenters. The van der Waals surface area contributed by atoms with E-state index < -0.39 is 18.0 Å². The normalized spacial score (nSPS) is 11.1. The predicted molar refractivity (Wildman–Crippen MR) is 63.4 cm³/mol. The number of carbonyl (C=O) groups is 2. The molecule has 7 nitrogen and oxygen atoms in total. The quantitative estimate of drug-likeness (QED) is 0.573. The van der Waals surface area contributed by atoms with Gasteiger partial charge in [-0.2, -0.15) is 5.26 Å². The maximum Gasteiger partial charge on any atom is 0.319 e. The van der Waals surface area contributed by atoms with Crippen molar-refractivity contribution in [1.29, 1.82) is 5.26 Å². The number of rotatable bonds is 4. The Morgan fingerprint density at radius 2 is 2.22 bits per heavy atom. The molecule has 1 rings (SSSR count). The van der Waals surface area contributed by atoms with Crippen LogP contribution in [-0.2, 0) is 4.79 Å². The zero-order valence-corrected chi connectivity index (χ0v) is 9.38. The second-order valence-electron chi connectivity index (χ2n) is 3.45. The number of aliphatic hydroxyl groups is 1. The Labute approximate surface area is 103 Å². The highest BCUT2D eigenvalue weighted by Gasteiger charge is 2.11. The van der Waals surface area contributed by atoms with Crippen LogP contribution in [0.1, 0.15) is 5.56 Å².